The zero-order valence-corrected chi connectivity index (χ0v) is 16.9. The zero-order valence-electron chi connectivity index (χ0n) is 16.9. The van der Waals surface area contributed by atoms with Crippen molar-refractivity contribution in [2.24, 2.45) is 0 Å². The van der Waals surface area contributed by atoms with Crippen molar-refractivity contribution in [1.29, 1.82) is 0 Å². The van der Waals surface area contributed by atoms with Crippen molar-refractivity contribution in [3.05, 3.63) is 113 Å². The molecule has 0 fully saturated rings. The monoisotopic (exact) mass is 393 g/mol. The number of allylic oxidation sites excluding steroid dienone is 6. The second-order valence-corrected chi connectivity index (χ2v) is 7.24. The molecule has 0 saturated heterocycles. The molecule has 4 rings (SSSR count). The van der Waals surface area contributed by atoms with Crippen LogP contribution in [0.4, 0.5) is 5.82 Å². The van der Waals surface area contributed by atoms with Gasteiger partial charge in [0, 0.05) is 12.0 Å². The summed E-state index contributed by atoms with van der Waals surface area (Å²) in [6.45, 7) is 2.07. The summed E-state index contributed by atoms with van der Waals surface area (Å²) in [5, 5.41) is 3.19. The Kier molecular flexibility index (Phi) is 5.95. The number of anilines is 1. The third-order valence-electron chi connectivity index (χ3n) is 5.01. The topological polar surface area (TPSA) is 54.9 Å². The molecule has 0 amide bonds. The van der Waals surface area contributed by atoms with E-state index in [1.54, 1.807) is 6.20 Å². The minimum atomic E-state index is 0.470. The third-order valence-corrected chi connectivity index (χ3v) is 5.01. The van der Waals surface area contributed by atoms with Crippen LogP contribution in [0.15, 0.2) is 96.4 Å². The van der Waals surface area contributed by atoms with Crippen molar-refractivity contribution >= 4 is 12.1 Å². The van der Waals surface area contributed by atoms with Crippen LogP contribution in [-0.2, 0) is 11.2 Å². The van der Waals surface area contributed by atoms with Crippen molar-refractivity contribution in [1.82, 2.24) is 9.97 Å². The lowest BCUT2D eigenvalue weighted by molar-refractivity contribution is -0.104. The van der Waals surface area contributed by atoms with Gasteiger partial charge in [0.25, 0.3) is 0 Å². The van der Waals surface area contributed by atoms with Crippen LogP contribution in [0.3, 0.4) is 0 Å². The lowest BCUT2D eigenvalue weighted by Crippen LogP contribution is -2.09. The number of nitrogens with zero attached hydrogens (tertiary/aromatic N) is 2. The van der Waals surface area contributed by atoms with Crippen LogP contribution in [0.25, 0.3) is 11.3 Å². The largest absolute Gasteiger partial charge is 0.336 e. The summed E-state index contributed by atoms with van der Waals surface area (Å²) in [7, 11) is 0. The van der Waals surface area contributed by atoms with Gasteiger partial charge in [0.05, 0.1) is 23.3 Å². The summed E-state index contributed by atoms with van der Waals surface area (Å²) in [5.41, 5.74) is 6.51. The molecule has 0 saturated carbocycles. The summed E-state index contributed by atoms with van der Waals surface area (Å²) in [6, 6.07) is 18.3. The summed E-state index contributed by atoms with van der Waals surface area (Å²) >= 11 is 0. The molecule has 4 heteroatoms. The lowest BCUT2D eigenvalue weighted by Gasteiger charge is -2.13. The first kappa shape index (κ1) is 19.5. The van der Waals surface area contributed by atoms with E-state index in [0.29, 0.717) is 17.9 Å². The van der Waals surface area contributed by atoms with Crippen molar-refractivity contribution < 1.29 is 4.79 Å². The molecule has 1 aliphatic rings. The standard InChI is InChI=1S/C26H23N3O/c1-19-9-5-8-14-23(19)25-17-27-26(24(29-25)16-21-10-3-2-4-11-21)28-22(18-30)15-20-12-6-7-13-20/h2-12,14-15,17-18H,13,16H2,1H3,(H,27,28)/b22-15-. The van der Waals surface area contributed by atoms with Crippen molar-refractivity contribution in [2.45, 2.75) is 19.8 Å². The minimum Gasteiger partial charge on any atom is -0.336 e. The van der Waals surface area contributed by atoms with Gasteiger partial charge in [-0.2, -0.15) is 0 Å². The fraction of sp³-hybridized carbons (Fsp3) is 0.115. The Hall–Kier alpha value is -3.79. The number of nitrogens with one attached hydrogen (secondary N) is 1. The fourth-order valence-electron chi connectivity index (χ4n) is 3.44. The Balaban J connectivity index is 1.71. The highest BCUT2D eigenvalue weighted by Crippen LogP contribution is 2.25. The molecular weight excluding hydrogens is 370 g/mol. The molecule has 0 aliphatic heterocycles. The average Bonchev–Trinajstić information content (AvgIpc) is 3.28. The highest BCUT2D eigenvalue weighted by molar-refractivity contribution is 5.80. The van der Waals surface area contributed by atoms with E-state index in [1.165, 1.54) is 0 Å². The van der Waals surface area contributed by atoms with Gasteiger partial charge in [-0.05, 0) is 36.1 Å². The Bertz CT molecular complexity index is 1140. The maximum absolute atomic E-state index is 11.7. The first-order valence-corrected chi connectivity index (χ1v) is 9.98. The van der Waals surface area contributed by atoms with Crippen LogP contribution in [0.2, 0.25) is 0 Å². The fourth-order valence-corrected chi connectivity index (χ4v) is 3.44. The number of hydrogen-bond acceptors (Lipinski definition) is 4. The number of carbonyl (C=O) groups excluding carboxylic acids is 1. The van der Waals surface area contributed by atoms with Crippen LogP contribution >= 0.6 is 0 Å². The molecule has 3 aromatic rings. The molecule has 0 atom stereocenters. The first-order valence-electron chi connectivity index (χ1n) is 9.98. The molecule has 1 aromatic heterocycles. The van der Waals surface area contributed by atoms with E-state index >= 15 is 0 Å². The Labute approximate surface area is 176 Å². The normalized spacial score (nSPS) is 13.2. The molecule has 30 heavy (non-hydrogen) atoms. The predicted octanol–water partition coefficient (Wildman–Crippen LogP) is 5.42. The van der Waals surface area contributed by atoms with Gasteiger partial charge in [0.15, 0.2) is 12.1 Å². The Morgan fingerprint density at radius 2 is 1.90 bits per heavy atom. The van der Waals surface area contributed by atoms with E-state index < -0.39 is 0 Å². The minimum absolute atomic E-state index is 0.470. The van der Waals surface area contributed by atoms with E-state index in [-0.39, 0.29) is 0 Å². The van der Waals surface area contributed by atoms with Crippen LogP contribution in [0, 0.1) is 6.92 Å². The average molecular weight is 393 g/mol. The molecule has 1 N–H and O–H groups in total. The maximum Gasteiger partial charge on any atom is 0.166 e. The molecular formula is C26H23N3O. The molecule has 148 valence electrons. The predicted molar refractivity (Wildman–Crippen MR) is 121 cm³/mol. The number of hydrogen-bond donors (Lipinski definition) is 1. The summed E-state index contributed by atoms with van der Waals surface area (Å²) in [6.07, 6.45) is 11.9. The van der Waals surface area contributed by atoms with Crippen molar-refractivity contribution in [3.63, 3.8) is 0 Å². The van der Waals surface area contributed by atoms with Gasteiger partial charge in [-0.15, -0.1) is 0 Å². The SMILES string of the molecule is Cc1ccccc1-c1cnc(N/C(C=O)=C\C2=CC=CC2)c(Cc2ccccc2)n1. The number of aryl methyl sites for hydroxylation is 1. The van der Waals surface area contributed by atoms with E-state index in [9.17, 15) is 4.79 Å². The maximum atomic E-state index is 11.7. The van der Waals surface area contributed by atoms with E-state index in [1.807, 2.05) is 48.6 Å². The summed E-state index contributed by atoms with van der Waals surface area (Å²) in [5.74, 6) is 0.598. The van der Waals surface area contributed by atoms with Crippen LogP contribution < -0.4 is 5.32 Å². The number of aldehydes is 1. The molecule has 1 aliphatic carbocycles. The van der Waals surface area contributed by atoms with Gasteiger partial charge in [-0.3, -0.25) is 4.79 Å². The molecule has 0 unspecified atom stereocenters. The highest BCUT2D eigenvalue weighted by Gasteiger charge is 2.13. The molecule has 2 aromatic carbocycles. The van der Waals surface area contributed by atoms with E-state index in [2.05, 4.69) is 47.6 Å². The third kappa shape index (κ3) is 4.61. The Morgan fingerprint density at radius 1 is 1.10 bits per heavy atom. The smallest absolute Gasteiger partial charge is 0.166 e. The van der Waals surface area contributed by atoms with Gasteiger partial charge < -0.3 is 5.32 Å². The van der Waals surface area contributed by atoms with Gasteiger partial charge >= 0.3 is 0 Å². The molecule has 0 bridgehead atoms. The number of benzene rings is 2. The van der Waals surface area contributed by atoms with Gasteiger partial charge in [-0.25, -0.2) is 9.97 Å². The van der Waals surface area contributed by atoms with Gasteiger partial charge in [0.2, 0.25) is 0 Å². The van der Waals surface area contributed by atoms with Crippen molar-refractivity contribution in [2.75, 3.05) is 5.32 Å². The molecule has 1 heterocycles. The zero-order chi connectivity index (χ0) is 20.8. The first-order chi connectivity index (χ1) is 14.7. The van der Waals surface area contributed by atoms with Crippen LogP contribution in [-0.4, -0.2) is 16.3 Å². The number of carbonyl (C=O) groups is 1. The summed E-state index contributed by atoms with van der Waals surface area (Å²) in [4.78, 5) is 21.2. The quantitative estimate of drug-likeness (QED) is 0.430. The summed E-state index contributed by atoms with van der Waals surface area (Å²) < 4.78 is 0. The Morgan fingerprint density at radius 3 is 2.63 bits per heavy atom. The van der Waals surface area contributed by atoms with Crippen LogP contribution in [0.1, 0.15) is 23.2 Å². The second-order valence-electron chi connectivity index (χ2n) is 7.24. The number of rotatable bonds is 7. The highest BCUT2D eigenvalue weighted by atomic mass is 16.1. The second kappa shape index (κ2) is 9.14. The van der Waals surface area contributed by atoms with E-state index in [0.717, 1.165) is 46.4 Å². The molecule has 0 radical (unpaired) electrons. The van der Waals surface area contributed by atoms with Gasteiger partial charge in [0.1, 0.15) is 0 Å². The van der Waals surface area contributed by atoms with Crippen molar-refractivity contribution in [3.8, 4) is 11.3 Å². The van der Waals surface area contributed by atoms with E-state index in [4.69, 9.17) is 4.98 Å². The van der Waals surface area contributed by atoms with Crippen LogP contribution in [0.5, 0.6) is 0 Å². The lowest BCUT2D eigenvalue weighted by atomic mass is 10.1. The molecule has 4 nitrogen and oxygen atoms in total. The van der Waals surface area contributed by atoms with Gasteiger partial charge in [-0.1, -0.05) is 72.8 Å². The number of aromatic nitrogens is 2. The molecule has 0 spiro atoms.